The topological polar surface area (TPSA) is 69.7 Å². The molecule has 1 aliphatic heterocycles. The van der Waals surface area contributed by atoms with E-state index in [4.69, 9.17) is 0 Å². The summed E-state index contributed by atoms with van der Waals surface area (Å²) >= 11 is 0. The maximum absolute atomic E-state index is 12.7. The van der Waals surface area contributed by atoms with Crippen LogP contribution in [-0.4, -0.2) is 52.5 Å². The van der Waals surface area contributed by atoms with Crippen molar-refractivity contribution in [2.24, 2.45) is 0 Å². The molecule has 0 aromatic heterocycles. The minimum atomic E-state index is -3.49. The number of para-hydroxylation sites is 1. The number of benzene rings is 2. The third-order valence-corrected chi connectivity index (χ3v) is 6.13. The van der Waals surface area contributed by atoms with Gasteiger partial charge in [-0.2, -0.15) is 0 Å². The number of nitrogens with zero attached hydrogens (tertiary/aromatic N) is 2. The first-order valence-electron chi connectivity index (χ1n) is 8.56. The molecule has 0 aliphatic carbocycles. The Kier molecular flexibility index (Phi) is 5.29. The number of amides is 1. The largest absolute Gasteiger partial charge is 0.368 e. The summed E-state index contributed by atoms with van der Waals surface area (Å²) in [5, 5.41) is 0. The van der Waals surface area contributed by atoms with Gasteiger partial charge < -0.3 is 9.80 Å². The molecule has 1 fully saturated rings. The Morgan fingerprint density at radius 3 is 2.15 bits per heavy atom. The van der Waals surface area contributed by atoms with Gasteiger partial charge in [-0.1, -0.05) is 18.2 Å². The van der Waals surface area contributed by atoms with Gasteiger partial charge in [-0.3, -0.25) is 4.79 Å². The fourth-order valence-corrected chi connectivity index (χ4v) is 3.88. The number of anilines is 1. The lowest BCUT2D eigenvalue weighted by Gasteiger charge is -2.36. The fraction of sp³-hybridized carbons (Fsp3) is 0.316. The van der Waals surface area contributed by atoms with Gasteiger partial charge in [0, 0.05) is 37.4 Å². The van der Waals surface area contributed by atoms with E-state index in [0.717, 1.165) is 13.1 Å². The average Bonchev–Trinajstić information content (AvgIpc) is 2.68. The van der Waals surface area contributed by atoms with Crippen molar-refractivity contribution in [2.75, 3.05) is 38.1 Å². The summed E-state index contributed by atoms with van der Waals surface area (Å²) in [5.41, 5.74) is 2.94. The SMILES string of the molecule is CNS(=O)(=O)c1ccc(C(=O)N2CCN(c3ccccc3C)CC2)cc1. The van der Waals surface area contributed by atoms with Gasteiger partial charge in [0.25, 0.3) is 5.91 Å². The van der Waals surface area contributed by atoms with Crippen molar-refractivity contribution >= 4 is 21.6 Å². The Balaban J connectivity index is 1.66. The van der Waals surface area contributed by atoms with Gasteiger partial charge in [-0.25, -0.2) is 13.1 Å². The number of aryl methyl sites for hydroxylation is 1. The highest BCUT2D eigenvalue weighted by molar-refractivity contribution is 7.89. The lowest BCUT2D eigenvalue weighted by molar-refractivity contribution is 0.0746. The molecule has 1 saturated heterocycles. The molecular weight excluding hydrogens is 350 g/mol. The fourth-order valence-electron chi connectivity index (χ4n) is 3.15. The van der Waals surface area contributed by atoms with Crippen LogP contribution >= 0.6 is 0 Å². The van der Waals surface area contributed by atoms with Crippen molar-refractivity contribution in [3.63, 3.8) is 0 Å². The van der Waals surface area contributed by atoms with Gasteiger partial charge in [0.05, 0.1) is 4.90 Å². The van der Waals surface area contributed by atoms with E-state index < -0.39 is 10.0 Å². The highest BCUT2D eigenvalue weighted by Gasteiger charge is 2.23. The zero-order valence-corrected chi connectivity index (χ0v) is 15.8. The third-order valence-electron chi connectivity index (χ3n) is 4.70. The molecule has 1 amide bonds. The Morgan fingerprint density at radius 2 is 1.58 bits per heavy atom. The van der Waals surface area contributed by atoms with E-state index in [1.54, 1.807) is 12.1 Å². The lowest BCUT2D eigenvalue weighted by atomic mass is 10.1. The van der Waals surface area contributed by atoms with Gasteiger partial charge >= 0.3 is 0 Å². The number of nitrogens with one attached hydrogen (secondary N) is 1. The summed E-state index contributed by atoms with van der Waals surface area (Å²) in [5.74, 6) is -0.0668. The first-order chi connectivity index (χ1) is 12.4. The number of hydrogen-bond acceptors (Lipinski definition) is 4. The zero-order chi connectivity index (χ0) is 18.7. The highest BCUT2D eigenvalue weighted by Crippen LogP contribution is 2.21. The van der Waals surface area contributed by atoms with Crippen molar-refractivity contribution in [2.45, 2.75) is 11.8 Å². The van der Waals surface area contributed by atoms with E-state index in [1.807, 2.05) is 17.0 Å². The number of piperazine rings is 1. The molecule has 1 N–H and O–H groups in total. The van der Waals surface area contributed by atoms with Crippen LogP contribution in [0.2, 0.25) is 0 Å². The van der Waals surface area contributed by atoms with Crippen LogP contribution in [0.4, 0.5) is 5.69 Å². The van der Waals surface area contributed by atoms with Crippen LogP contribution in [0.3, 0.4) is 0 Å². The Hall–Kier alpha value is -2.38. The van der Waals surface area contributed by atoms with Crippen LogP contribution in [0.15, 0.2) is 53.4 Å². The maximum Gasteiger partial charge on any atom is 0.253 e. The highest BCUT2D eigenvalue weighted by atomic mass is 32.2. The predicted molar refractivity (Wildman–Crippen MR) is 102 cm³/mol. The van der Waals surface area contributed by atoms with Crippen LogP contribution in [0.25, 0.3) is 0 Å². The van der Waals surface area contributed by atoms with Gasteiger partial charge in [-0.05, 0) is 49.9 Å². The summed E-state index contributed by atoms with van der Waals surface area (Å²) in [6, 6.07) is 14.3. The van der Waals surface area contributed by atoms with Gasteiger partial charge in [0.2, 0.25) is 10.0 Å². The van der Waals surface area contributed by atoms with Crippen LogP contribution in [0, 0.1) is 6.92 Å². The minimum Gasteiger partial charge on any atom is -0.368 e. The lowest BCUT2D eigenvalue weighted by Crippen LogP contribution is -2.49. The third kappa shape index (κ3) is 3.73. The number of carbonyl (C=O) groups excluding carboxylic acids is 1. The van der Waals surface area contributed by atoms with E-state index in [-0.39, 0.29) is 10.8 Å². The first kappa shape index (κ1) is 18.4. The molecule has 138 valence electrons. The molecule has 1 heterocycles. The molecule has 0 atom stereocenters. The minimum absolute atomic E-state index is 0.0668. The summed E-state index contributed by atoms with van der Waals surface area (Å²) < 4.78 is 25.8. The second-order valence-electron chi connectivity index (χ2n) is 6.30. The normalized spacial score (nSPS) is 15.2. The number of rotatable bonds is 4. The first-order valence-corrected chi connectivity index (χ1v) is 10.0. The van der Waals surface area contributed by atoms with Crippen molar-refractivity contribution in [1.29, 1.82) is 0 Å². The number of sulfonamides is 1. The van der Waals surface area contributed by atoms with Gasteiger partial charge in [0.1, 0.15) is 0 Å². The van der Waals surface area contributed by atoms with Crippen molar-refractivity contribution in [3.05, 3.63) is 59.7 Å². The number of carbonyl (C=O) groups is 1. The molecule has 0 spiro atoms. The molecule has 2 aromatic rings. The molecule has 7 heteroatoms. The molecule has 0 bridgehead atoms. The Morgan fingerprint density at radius 1 is 0.962 bits per heavy atom. The van der Waals surface area contributed by atoms with Crippen molar-refractivity contribution < 1.29 is 13.2 Å². The monoisotopic (exact) mass is 373 g/mol. The standard InChI is InChI=1S/C19H23N3O3S/c1-15-5-3-4-6-18(15)21-11-13-22(14-12-21)19(23)16-7-9-17(10-8-16)26(24,25)20-2/h3-10,20H,11-14H2,1-2H3. The van der Waals surface area contributed by atoms with Crippen molar-refractivity contribution in [1.82, 2.24) is 9.62 Å². The van der Waals surface area contributed by atoms with Crippen LogP contribution < -0.4 is 9.62 Å². The van der Waals surface area contributed by atoms with Crippen LogP contribution in [-0.2, 0) is 10.0 Å². The smallest absolute Gasteiger partial charge is 0.253 e. The predicted octanol–water partition coefficient (Wildman–Crippen LogP) is 1.87. The second kappa shape index (κ2) is 7.47. The van der Waals surface area contributed by atoms with E-state index in [9.17, 15) is 13.2 Å². The molecular formula is C19H23N3O3S. The van der Waals surface area contributed by atoms with Gasteiger partial charge in [0.15, 0.2) is 0 Å². The number of hydrogen-bond donors (Lipinski definition) is 1. The van der Waals surface area contributed by atoms with E-state index in [0.29, 0.717) is 18.7 Å². The zero-order valence-electron chi connectivity index (χ0n) is 15.0. The Bertz CT molecular complexity index is 887. The molecule has 1 aliphatic rings. The van der Waals surface area contributed by atoms with E-state index >= 15 is 0 Å². The summed E-state index contributed by atoms with van der Waals surface area (Å²) in [6.45, 7) is 4.94. The average molecular weight is 373 g/mol. The van der Waals surface area contributed by atoms with Crippen LogP contribution in [0.5, 0.6) is 0 Å². The maximum atomic E-state index is 12.7. The Labute approximate surface area is 154 Å². The molecule has 2 aromatic carbocycles. The second-order valence-corrected chi connectivity index (χ2v) is 8.18. The summed E-state index contributed by atoms with van der Waals surface area (Å²) in [4.78, 5) is 16.9. The molecule has 3 rings (SSSR count). The quantitative estimate of drug-likeness (QED) is 0.888. The summed E-state index contributed by atoms with van der Waals surface area (Å²) in [6.07, 6.45) is 0. The molecule has 0 unspecified atom stereocenters. The summed E-state index contributed by atoms with van der Waals surface area (Å²) in [7, 11) is -2.13. The van der Waals surface area contributed by atoms with E-state index in [1.165, 1.54) is 30.4 Å². The van der Waals surface area contributed by atoms with Gasteiger partial charge in [-0.15, -0.1) is 0 Å². The van der Waals surface area contributed by atoms with Crippen molar-refractivity contribution in [3.8, 4) is 0 Å². The van der Waals surface area contributed by atoms with Crippen LogP contribution in [0.1, 0.15) is 15.9 Å². The van der Waals surface area contributed by atoms with E-state index in [2.05, 4.69) is 28.7 Å². The molecule has 6 nitrogen and oxygen atoms in total. The molecule has 0 radical (unpaired) electrons. The molecule has 26 heavy (non-hydrogen) atoms. The molecule has 0 saturated carbocycles.